The molecule has 0 rings (SSSR count). The predicted octanol–water partition coefficient (Wildman–Crippen LogP) is 16.9. The first kappa shape index (κ1) is 66.5. The van der Waals surface area contributed by atoms with E-state index in [4.69, 9.17) is 13.8 Å². The highest BCUT2D eigenvalue weighted by Gasteiger charge is 2.30. The Morgan fingerprint density at radius 1 is 0.522 bits per heavy atom. The van der Waals surface area contributed by atoms with Gasteiger partial charge in [0.25, 0.3) is 0 Å². The van der Waals surface area contributed by atoms with Gasteiger partial charge in [0, 0.05) is 12.8 Å². The van der Waals surface area contributed by atoms with Crippen molar-refractivity contribution in [2.45, 2.75) is 251 Å². The van der Waals surface area contributed by atoms with Crippen molar-refractivity contribution in [2.75, 3.05) is 40.9 Å². The van der Waals surface area contributed by atoms with Crippen LogP contribution in [0, 0.1) is 0 Å². The topological polar surface area (TPSA) is 111 Å². The van der Waals surface area contributed by atoms with Crippen LogP contribution in [0.25, 0.3) is 0 Å². The summed E-state index contributed by atoms with van der Waals surface area (Å²) in [5, 5.41) is 3.03. The van der Waals surface area contributed by atoms with Crippen LogP contribution in [0.15, 0.2) is 72.9 Å². The lowest BCUT2D eigenvalue weighted by atomic mass is 10.0. The zero-order chi connectivity index (χ0) is 50.8. The van der Waals surface area contributed by atoms with Gasteiger partial charge < -0.3 is 19.4 Å². The standard InChI is InChI=1S/C59H107N2O7P/c1-7-10-13-16-19-22-25-28-30-32-33-36-39-42-45-48-51-58(62)60-56(55-67-69(64,65)66-54-53-61(4,5)6)57(50-47-44-41-38-35-27-24-21-18-15-12-9-3)68-59(63)52-49-46-43-40-37-34-31-29-26-23-20-17-14-11-8-2/h11,14,17,20,23,26,30,32-33,36,47,50,56-57H,7-10,12-13,15-16,18-19,21-22,24-25,27-29,31,34-35,37-46,48-49,51-55H2,1-6H3,(H-,60,62,64,65)/p+1/b14-11+,20-17+,26-23+,32-30+,36-33+,50-47+. The Kier molecular flexibility index (Phi) is 47.2. The van der Waals surface area contributed by atoms with Gasteiger partial charge in [0.15, 0.2) is 0 Å². The first-order chi connectivity index (χ1) is 33.4. The van der Waals surface area contributed by atoms with Crippen LogP contribution in [0.3, 0.4) is 0 Å². The van der Waals surface area contributed by atoms with Crippen LogP contribution >= 0.6 is 7.82 Å². The van der Waals surface area contributed by atoms with Crippen molar-refractivity contribution in [3.05, 3.63) is 72.9 Å². The van der Waals surface area contributed by atoms with Gasteiger partial charge in [0.05, 0.1) is 33.8 Å². The van der Waals surface area contributed by atoms with Crippen molar-refractivity contribution >= 4 is 19.7 Å². The number of likely N-dealkylation sites (N-methyl/N-ethyl adjacent to an activating group) is 1. The van der Waals surface area contributed by atoms with Crippen molar-refractivity contribution in [1.82, 2.24) is 5.32 Å². The van der Waals surface area contributed by atoms with Crippen LogP contribution in [0.2, 0.25) is 0 Å². The molecule has 0 radical (unpaired) electrons. The van der Waals surface area contributed by atoms with Crippen LogP contribution in [0.4, 0.5) is 0 Å². The largest absolute Gasteiger partial charge is 0.472 e. The van der Waals surface area contributed by atoms with Crippen molar-refractivity contribution < 1.29 is 37.3 Å². The van der Waals surface area contributed by atoms with E-state index < -0.39 is 20.0 Å². The molecule has 0 aromatic heterocycles. The number of esters is 1. The van der Waals surface area contributed by atoms with E-state index in [0.717, 1.165) is 83.5 Å². The summed E-state index contributed by atoms with van der Waals surface area (Å²) in [6.07, 6.45) is 61.8. The average Bonchev–Trinajstić information content (AvgIpc) is 3.31. The second kappa shape index (κ2) is 49.0. The van der Waals surface area contributed by atoms with Gasteiger partial charge in [-0.1, -0.05) is 222 Å². The van der Waals surface area contributed by atoms with Gasteiger partial charge in [-0.3, -0.25) is 18.6 Å². The van der Waals surface area contributed by atoms with E-state index in [2.05, 4.69) is 86.8 Å². The van der Waals surface area contributed by atoms with Crippen LogP contribution in [0.5, 0.6) is 0 Å². The molecule has 0 heterocycles. The maximum Gasteiger partial charge on any atom is 0.472 e. The number of hydrogen-bond acceptors (Lipinski definition) is 6. The second-order valence-electron chi connectivity index (χ2n) is 20.2. The van der Waals surface area contributed by atoms with Gasteiger partial charge in [-0.15, -0.1) is 0 Å². The first-order valence-electron chi connectivity index (χ1n) is 28.3. The summed E-state index contributed by atoms with van der Waals surface area (Å²) in [5.41, 5.74) is 0. The Hall–Kier alpha value is -2.55. The summed E-state index contributed by atoms with van der Waals surface area (Å²) in [6.45, 7) is 6.84. The van der Waals surface area contributed by atoms with Gasteiger partial charge in [-0.05, 0) is 76.7 Å². The van der Waals surface area contributed by atoms with Gasteiger partial charge in [0.1, 0.15) is 19.3 Å². The molecular formula is C59H108N2O7P+. The molecule has 1 amide bonds. The number of phosphoric acid groups is 1. The number of carbonyl (C=O) groups excluding carboxylic acids is 2. The molecule has 0 saturated heterocycles. The van der Waals surface area contributed by atoms with E-state index in [-0.39, 0.29) is 31.5 Å². The number of quaternary nitrogens is 1. The summed E-state index contributed by atoms with van der Waals surface area (Å²) in [4.78, 5) is 37.5. The molecule has 0 fully saturated rings. The molecule has 3 unspecified atom stereocenters. The lowest BCUT2D eigenvalue weighted by Gasteiger charge is -2.27. The van der Waals surface area contributed by atoms with Crippen LogP contribution in [-0.4, -0.2) is 74.3 Å². The number of amides is 1. The van der Waals surface area contributed by atoms with E-state index in [9.17, 15) is 19.0 Å². The molecule has 0 spiro atoms. The summed E-state index contributed by atoms with van der Waals surface area (Å²) in [5.74, 6) is -0.552. The van der Waals surface area contributed by atoms with E-state index in [1.54, 1.807) is 0 Å². The smallest absolute Gasteiger partial charge is 0.456 e. The van der Waals surface area contributed by atoms with Gasteiger partial charge in [0.2, 0.25) is 5.91 Å². The number of ether oxygens (including phenoxy) is 1. The Balaban J connectivity index is 5.43. The highest BCUT2D eigenvalue weighted by molar-refractivity contribution is 7.47. The maximum absolute atomic E-state index is 13.5. The number of phosphoric ester groups is 1. The molecule has 2 N–H and O–H groups in total. The number of rotatable bonds is 50. The molecule has 0 aromatic carbocycles. The Bertz CT molecular complexity index is 1420. The predicted molar refractivity (Wildman–Crippen MR) is 295 cm³/mol. The molecule has 0 aromatic rings. The third-order valence-corrected chi connectivity index (χ3v) is 13.2. The van der Waals surface area contributed by atoms with Crippen LogP contribution in [-0.2, 0) is 27.9 Å². The van der Waals surface area contributed by atoms with Crippen molar-refractivity contribution in [3.63, 3.8) is 0 Å². The molecule has 69 heavy (non-hydrogen) atoms. The average molecular weight is 988 g/mol. The number of hydrogen-bond donors (Lipinski definition) is 2. The zero-order valence-corrected chi connectivity index (χ0v) is 46.4. The normalized spacial score (nSPS) is 14.4. The van der Waals surface area contributed by atoms with Crippen LogP contribution in [0.1, 0.15) is 239 Å². The maximum atomic E-state index is 13.5. The number of allylic oxidation sites excluding steroid dienone is 11. The third-order valence-electron chi connectivity index (χ3n) is 12.2. The van der Waals surface area contributed by atoms with Gasteiger partial charge in [-0.2, -0.15) is 0 Å². The summed E-state index contributed by atoms with van der Waals surface area (Å²) in [7, 11) is 1.46. The molecule has 0 aliphatic rings. The summed E-state index contributed by atoms with van der Waals surface area (Å²) < 4.78 is 30.6. The third kappa shape index (κ3) is 50.2. The molecule has 0 aliphatic carbocycles. The first-order valence-corrected chi connectivity index (χ1v) is 29.8. The minimum atomic E-state index is -4.45. The van der Waals surface area contributed by atoms with Gasteiger partial charge >= 0.3 is 13.8 Å². The Labute approximate surface area is 425 Å². The highest BCUT2D eigenvalue weighted by atomic mass is 31.2. The second-order valence-corrected chi connectivity index (χ2v) is 21.6. The number of nitrogens with one attached hydrogen (secondary N) is 1. The van der Waals surface area contributed by atoms with E-state index in [1.807, 2.05) is 33.3 Å². The highest BCUT2D eigenvalue weighted by Crippen LogP contribution is 2.43. The molecule has 9 nitrogen and oxygen atoms in total. The molecule has 0 bridgehead atoms. The van der Waals surface area contributed by atoms with E-state index in [0.29, 0.717) is 23.9 Å². The molecule has 0 saturated carbocycles. The number of unbranched alkanes of at least 4 members (excludes halogenated alkanes) is 27. The molecule has 400 valence electrons. The molecule has 0 aliphatic heterocycles. The van der Waals surface area contributed by atoms with E-state index >= 15 is 0 Å². The molecule has 10 heteroatoms. The zero-order valence-electron chi connectivity index (χ0n) is 45.5. The SMILES string of the molecule is CC/C=C/C=C/C=C/CCCCCCCCCC(=O)OC(/C=C/CCCCCCCCCCCC)C(COP(=O)(O)OCC[N+](C)(C)C)NC(=O)CCCCC/C=C/C=C/CCCCCCCCC. The fourth-order valence-corrected chi connectivity index (χ4v) is 8.55. The molecular weight excluding hydrogens is 880 g/mol. The lowest BCUT2D eigenvalue weighted by molar-refractivity contribution is -0.870. The lowest BCUT2D eigenvalue weighted by Crippen LogP contribution is -2.47. The Morgan fingerprint density at radius 3 is 1.41 bits per heavy atom. The minimum absolute atomic E-state index is 0.0306. The van der Waals surface area contributed by atoms with Crippen molar-refractivity contribution in [1.29, 1.82) is 0 Å². The minimum Gasteiger partial charge on any atom is -0.456 e. The number of nitrogens with zero attached hydrogens (tertiary/aromatic N) is 1. The number of carbonyl (C=O) groups is 2. The van der Waals surface area contributed by atoms with Crippen molar-refractivity contribution in [3.8, 4) is 0 Å². The van der Waals surface area contributed by atoms with E-state index in [1.165, 1.54) is 116 Å². The monoisotopic (exact) mass is 988 g/mol. The quantitative estimate of drug-likeness (QED) is 0.0156. The molecule has 3 atom stereocenters. The van der Waals surface area contributed by atoms with Gasteiger partial charge in [-0.25, -0.2) is 4.57 Å². The van der Waals surface area contributed by atoms with Crippen molar-refractivity contribution in [2.24, 2.45) is 0 Å². The summed E-state index contributed by atoms with van der Waals surface area (Å²) >= 11 is 0. The summed E-state index contributed by atoms with van der Waals surface area (Å²) in [6, 6.07) is -0.868. The fourth-order valence-electron chi connectivity index (χ4n) is 7.81. The Morgan fingerprint density at radius 2 is 0.928 bits per heavy atom. The fraction of sp³-hybridized carbons (Fsp3) is 0.763. The van der Waals surface area contributed by atoms with Crippen LogP contribution < -0.4 is 5.32 Å².